The van der Waals surface area contributed by atoms with E-state index < -0.39 is 6.10 Å². The van der Waals surface area contributed by atoms with Gasteiger partial charge in [-0.05, 0) is 26.3 Å². The van der Waals surface area contributed by atoms with E-state index in [1.165, 1.54) is 0 Å². The second-order valence-electron chi connectivity index (χ2n) is 5.10. The first-order chi connectivity index (χ1) is 10.1. The van der Waals surface area contributed by atoms with Gasteiger partial charge in [0.25, 0.3) is 5.91 Å². The van der Waals surface area contributed by atoms with Crippen molar-refractivity contribution >= 4 is 5.91 Å². The van der Waals surface area contributed by atoms with E-state index in [-0.39, 0.29) is 18.6 Å². The van der Waals surface area contributed by atoms with Crippen molar-refractivity contribution in [2.24, 2.45) is 0 Å². The fourth-order valence-corrected chi connectivity index (χ4v) is 2.33. The van der Waals surface area contributed by atoms with E-state index >= 15 is 0 Å². The van der Waals surface area contributed by atoms with Crippen molar-refractivity contribution in [2.45, 2.75) is 39.0 Å². The molecular weight excluding hydrogens is 274 g/mol. The summed E-state index contributed by atoms with van der Waals surface area (Å²) in [7, 11) is 0. The first-order valence-electron chi connectivity index (χ1n) is 7.30. The minimum atomic E-state index is -0.663. The van der Waals surface area contributed by atoms with E-state index in [2.05, 4.69) is 10.4 Å². The molecule has 1 aromatic heterocycles. The first kappa shape index (κ1) is 15.9. The standard InChI is InChI=1S/C14H23N3O4/c1-3-20-7-5-17-12(8-10(2)16-17)14(19)15-11-4-6-21-9-13(11)18/h8,11,13,18H,3-7,9H2,1-2H3,(H,15,19)/t11-,13-/m1/s1. The Morgan fingerprint density at radius 1 is 1.67 bits per heavy atom. The minimum absolute atomic E-state index is 0.224. The number of ether oxygens (including phenoxy) is 2. The molecule has 0 spiro atoms. The lowest BCUT2D eigenvalue weighted by Gasteiger charge is -2.28. The number of carbonyl (C=O) groups is 1. The lowest BCUT2D eigenvalue weighted by molar-refractivity contribution is -0.0261. The fraction of sp³-hybridized carbons (Fsp3) is 0.714. The van der Waals surface area contributed by atoms with Crippen LogP contribution in [0.15, 0.2) is 6.07 Å². The van der Waals surface area contributed by atoms with E-state index in [9.17, 15) is 9.90 Å². The summed E-state index contributed by atoms with van der Waals surface area (Å²) in [6.07, 6.45) is -0.0532. The number of nitrogens with zero attached hydrogens (tertiary/aromatic N) is 2. The number of aryl methyl sites for hydroxylation is 1. The van der Waals surface area contributed by atoms with Crippen molar-refractivity contribution in [3.05, 3.63) is 17.5 Å². The summed E-state index contributed by atoms with van der Waals surface area (Å²) < 4.78 is 12.1. The summed E-state index contributed by atoms with van der Waals surface area (Å²) in [5.74, 6) is -0.224. The third kappa shape index (κ3) is 4.26. The molecule has 0 unspecified atom stereocenters. The number of nitrogens with one attached hydrogen (secondary N) is 1. The highest BCUT2D eigenvalue weighted by molar-refractivity contribution is 5.92. The molecule has 7 nitrogen and oxygen atoms in total. The summed E-state index contributed by atoms with van der Waals surface area (Å²) in [6.45, 7) is 6.25. The maximum absolute atomic E-state index is 12.4. The topological polar surface area (TPSA) is 85.6 Å². The molecule has 118 valence electrons. The molecular formula is C14H23N3O4. The van der Waals surface area contributed by atoms with Crippen LogP contribution < -0.4 is 5.32 Å². The van der Waals surface area contributed by atoms with Crippen LogP contribution in [0.4, 0.5) is 0 Å². The molecule has 0 bridgehead atoms. The van der Waals surface area contributed by atoms with E-state index in [0.29, 0.717) is 38.5 Å². The smallest absolute Gasteiger partial charge is 0.269 e. The molecule has 0 radical (unpaired) electrons. The Hall–Kier alpha value is -1.44. The molecule has 2 heterocycles. The quantitative estimate of drug-likeness (QED) is 0.728. The molecule has 7 heteroatoms. The molecule has 1 aliphatic rings. The molecule has 1 aromatic rings. The normalized spacial score (nSPS) is 22.2. The van der Waals surface area contributed by atoms with Crippen LogP contribution in [0.25, 0.3) is 0 Å². The molecule has 21 heavy (non-hydrogen) atoms. The summed E-state index contributed by atoms with van der Waals surface area (Å²) >= 11 is 0. The third-order valence-electron chi connectivity index (χ3n) is 3.43. The Morgan fingerprint density at radius 3 is 3.19 bits per heavy atom. The Morgan fingerprint density at radius 2 is 2.48 bits per heavy atom. The summed E-state index contributed by atoms with van der Waals surface area (Å²) in [5.41, 5.74) is 1.27. The number of rotatable bonds is 6. The predicted molar refractivity (Wildman–Crippen MR) is 76.2 cm³/mol. The Kier molecular flexibility index (Phi) is 5.72. The van der Waals surface area contributed by atoms with Crippen LogP contribution in [0.2, 0.25) is 0 Å². The van der Waals surface area contributed by atoms with Crippen molar-refractivity contribution in [1.82, 2.24) is 15.1 Å². The van der Waals surface area contributed by atoms with Gasteiger partial charge in [0.05, 0.1) is 37.6 Å². The zero-order valence-corrected chi connectivity index (χ0v) is 12.5. The largest absolute Gasteiger partial charge is 0.389 e. The van der Waals surface area contributed by atoms with Crippen molar-refractivity contribution in [2.75, 3.05) is 26.4 Å². The number of aromatic nitrogens is 2. The Labute approximate surface area is 124 Å². The van der Waals surface area contributed by atoms with Crippen LogP contribution in [0, 0.1) is 6.92 Å². The maximum Gasteiger partial charge on any atom is 0.269 e. The molecule has 2 atom stereocenters. The summed E-state index contributed by atoms with van der Waals surface area (Å²) in [4.78, 5) is 12.4. The van der Waals surface area contributed by atoms with Gasteiger partial charge in [0.1, 0.15) is 5.69 Å². The number of aliphatic hydroxyl groups is 1. The van der Waals surface area contributed by atoms with E-state index in [0.717, 1.165) is 5.69 Å². The second kappa shape index (κ2) is 7.53. The predicted octanol–water partition coefficient (Wildman–Crippen LogP) is 0.108. The van der Waals surface area contributed by atoms with Crippen molar-refractivity contribution in [3.63, 3.8) is 0 Å². The molecule has 0 saturated carbocycles. The highest BCUT2D eigenvalue weighted by atomic mass is 16.5. The maximum atomic E-state index is 12.4. The van der Waals surface area contributed by atoms with Crippen LogP contribution >= 0.6 is 0 Å². The number of carbonyl (C=O) groups excluding carboxylic acids is 1. The monoisotopic (exact) mass is 297 g/mol. The highest BCUT2D eigenvalue weighted by Crippen LogP contribution is 2.10. The minimum Gasteiger partial charge on any atom is -0.389 e. The van der Waals surface area contributed by atoms with Gasteiger partial charge in [-0.15, -0.1) is 0 Å². The molecule has 0 aliphatic carbocycles. The SMILES string of the molecule is CCOCCn1nc(C)cc1C(=O)N[C@@H]1CCOC[C@H]1O. The zero-order valence-electron chi connectivity index (χ0n) is 12.5. The lowest BCUT2D eigenvalue weighted by atomic mass is 10.1. The van der Waals surface area contributed by atoms with Crippen LogP contribution in [-0.4, -0.2) is 59.4 Å². The molecule has 1 aliphatic heterocycles. The van der Waals surface area contributed by atoms with Crippen molar-refractivity contribution < 1.29 is 19.4 Å². The average Bonchev–Trinajstić information content (AvgIpc) is 2.83. The molecule has 0 aromatic carbocycles. The van der Waals surface area contributed by atoms with Gasteiger partial charge in [0.15, 0.2) is 0 Å². The van der Waals surface area contributed by atoms with E-state index in [4.69, 9.17) is 9.47 Å². The third-order valence-corrected chi connectivity index (χ3v) is 3.43. The van der Waals surface area contributed by atoms with Gasteiger partial charge in [-0.2, -0.15) is 5.10 Å². The number of aliphatic hydroxyl groups excluding tert-OH is 1. The van der Waals surface area contributed by atoms with Gasteiger partial charge in [0, 0.05) is 13.2 Å². The molecule has 1 saturated heterocycles. The van der Waals surface area contributed by atoms with Gasteiger partial charge >= 0.3 is 0 Å². The molecule has 2 N–H and O–H groups in total. The highest BCUT2D eigenvalue weighted by Gasteiger charge is 2.26. The van der Waals surface area contributed by atoms with Gasteiger partial charge in [-0.3, -0.25) is 9.48 Å². The lowest BCUT2D eigenvalue weighted by Crippen LogP contribution is -2.49. The summed E-state index contributed by atoms with van der Waals surface area (Å²) in [6, 6.07) is 1.47. The molecule has 1 amide bonds. The van der Waals surface area contributed by atoms with Gasteiger partial charge in [-0.1, -0.05) is 0 Å². The van der Waals surface area contributed by atoms with Gasteiger partial charge in [0.2, 0.25) is 0 Å². The number of hydrogen-bond donors (Lipinski definition) is 2. The van der Waals surface area contributed by atoms with E-state index in [1.807, 2.05) is 13.8 Å². The van der Waals surface area contributed by atoms with E-state index in [1.54, 1.807) is 10.7 Å². The molecule has 2 rings (SSSR count). The zero-order chi connectivity index (χ0) is 15.2. The van der Waals surface area contributed by atoms with Gasteiger partial charge in [-0.25, -0.2) is 0 Å². The molecule has 1 fully saturated rings. The summed E-state index contributed by atoms with van der Waals surface area (Å²) in [5, 5.41) is 17.0. The van der Waals surface area contributed by atoms with Crippen LogP contribution in [0.1, 0.15) is 29.5 Å². The van der Waals surface area contributed by atoms with Crippen molar-refractivity contribution in [1.29, 1.82) is 0 Å². The first-order valence-corrected chi connectivity index (χ1v) is 7.30. The van der Waals surface area contributed by atoms with Crippen LogP contribution in [-0.2, 0) is 16.0 Å². The Bertz CT molecular complexity index is 475. The average molecular weight is 297 g/mol. The number of amides is 1. The van der Waals surface area contributed by atoms with Gasteiger partial charge < -0.3 is 19.9 Å². The number of hydrogen-bond acceptors (Lipinski definition) is 5. The van der Waals surface area contributed by atoms with Crippen molar-refractivity contribution in [3.8, 4) is 0 Å². The van der Waals surface area contributed by atoms with Crippen LogP contribution in [0.5, 0.6) is 0 Å². The Balaban J connectivity index is 2.00. The second-order valence-corrected chi connectivity index (χ2v) is 5.10. The fourth-order valence-electron chi connectivity index (χ4n) is 2.33. The van der Waals surface area contributed by atoms with Crippen LogP contribution in [0.3, 0.4) is 0 Å².